The molecule has 1 saturated carbocycles. The summed E-state index contributed by atoms with van der Waals surface area (Å²) in [5.41, 5.74) is 0.672. The molecule has 0 saturated heterocycles. The number of ether oxygens (including phenoxy) is 1. The van der Waals surface area contributed by atoms with Crippen LogP contribution in [0.25, 0.3) is 0 Å². The van der Waals surface area contributed by atoms with Gasteiger partial charge < -0.3 is 30.3 Å². The van der Waals surface area contributed by atoms with Gasteiger partial charge in [-0.25, -0.2) is 9.37 Å². The Kier molecular flexibility index (Phi) is 7.88. The number of amides is 2. The van der Waals surface area contributed by atoms with E-state index < -0.39 is 11.7 Å². The Morgan fingerprint density at radius 1 is 1.28 bits per heavy atom. The van der Waals surface area contributed by atoms with Crippen LogP contribution in [0.1, 0.15) is 56.3 Å². The van der Waals surface area contributed by atoms with E-state index in [1.165, 1.54) is 6.07 Å². The van der Waals surface area contributed by atoms with Crippen LogP contribution < -0.4 is 25.2 Å². The van der Waals surface area contributed by atoms with E-state index in [1.54, 1.807) is 25.1 Å². The summed E-state index contributed by atoms with van der Waals surface area (Å²) in [5.74, 6) is -0.241. The fourth-order valence-electron chi connectivity index (χ4n) is 4.92. The van der Waals surface area contributed by atoms with Gasteiger partial charge in [-0.05, 0) is 32.3 Å². The molecule has 1 aliphatic heterocycles. The topological polar surface area (TPSA) is 120 Å². The predicted octanol–water partition coefficient (Wildman–Crippen LogP) is 2.98. The Balaban J connectivity index is 1.72. The van der Waals surface area contributed by atoms with Crippen molar-refractivity contribution in [3.8, 4) is 5.75 Å². The lowest BCUT2D eigenvalue weighted by molar-refractivity contribution is -0.120. The number of carbonyl (C=O) groups is 2. The zero-order valence-corrected chi connectivity index (χ0v) is 20.9. The third-order valence-electron chi connectivity index (χ3n) is 6.66. The number of aliphatic hydroxyl groups excluding tert-OH is 1. The first-order chi connectivity index (χ1) is 17.4. The van der Waals surface area contributed by atoms with Gasteiger partial charge in [-0.3, -0.25) is 9.59 Å². The van der Waals surface area contributed by atoms with Crippen LogP contribution in [0.4, 0.5) is 27.5 Å². The first kappa shape index (κ1) is 25.6. The number of fused-ring (bicyclic) bond motifs is 1. The van der Waals surface area contributed by atoms with Crippen LogP contribution in [0.15, 0.2) is 18.3 Å². The second-order valence-electron chi connectivity index (χ2n) is 8.95. The highest BCUT2D eigenvalue weighted by atomic mass is 19.1. The van der Waals surface area contributed by atoms with Crippen LogP contribution >= 0.6 is 0 Å². The number of carbonyl (C=O) groups excluding carboxylic acids is 2. The normalized spacial score (nSPS) is 17.8. The van der Waals surface area contributed by atoms with Gasteiger partial charge in [0.05, 0.1) is 24.1 Å². The Hall–Kier alpha value is -3.47. The Morgan fingerprint density at radius 3 is 2.69 bits per heavy atom. The molecule has 0 radical (unpaired) electrons. The lowest BCUT2D eigenvalue weighted by Gasteiger charge is -2.43. The third kappa shape index (κ3) is 4.92. The molecule has 2 heterocycles. The molecule has 1 atom stereocenters. The molecule has 11 heteroatoms. The van der Waals surface area contributed by atoms with Crippen LogP contribution in [0.2, 0.25) is 0 Å². The van der Waals surface area contributed by atoms with E-state index in [2.05, 4.69) is 20.5 Å². The van der Waals surface area contributed by atoms with Gasteiger partial charge in [0, 0.05) is 25.7 Å². The van der Waals surface area contributed by atoms with Gasteiger partial charge in [-0.1, -0.05) is 19.8 Å². The van der Waals surface area contributed by atoms with E-state index in [9.17, 15) is 19.1 Å². The predicted molar refractivity (Wildman–Crippen MR) is 135 cm³/mol. The van der Waals surface area contributed by atoms with Gasteiger partial charge in [-0.2, -0.15) is 4.98 Å². The van der Waals surface area contributed by atoms with Crippen LogP contribution in [-0.2, 0) is 4.79 Å². The first-order valence-electron chi connectivity index (χ1n) is 12.4. The molecule has 3 N–H and O–H groups in total. The standard InChI is InChI=1S/C25H33FN6O4/c1-4-19-24(35)31(3)20-14-28-25(30-22(20)32(19)15-8-6-7-9-15)29-18-13-17(26)16(23(34)27-5-2)12-21(18)36-11-10-33/h12-15,19,33H,4-11H2,1-3H3,(H,27,34)(H,28,29,30)/t19-/m1/s1. The first-order valence-corrected chi connectivity index (χ1v) is 12.4. The molecule has 36 heavy (non-hydrogen) atoms. The minimum Gasteiger partial charge on any atom is -0.489 e. The summed E-state index contributed by atoms with van der Waals surface area (Å²) in [6, 6.07) is 2.34. The second kappa shape index (κ2) is 11.1. The molecule has 4 rings (SSSR count). The van der Waals surface area contributed by atoms with Gasteiger partial charge in [0.1, 0.15) is 29.9 Å². The maximum absolute atomic E-state index is 14.9. The maximum atomic E-state index is 14.9. The van der Waals surface area contributed by atoms with Crippen molar-refractivity contribution in [2.24, 2.45) is 0 Å². The minimum atomic E-state index is -0.735. The number of anilines is 4. The number of hydrogen-bond donors (Lipinski definition) is 3. The number of rotatable bonds is 9. The van der Waals surface area contributed by atoms with Crippen molar-refractivity contribution in [2.45, 2.75) is 58.0 Å². The largest absolute Gasteiger partial charge is 0.489 e. The maximum Gasteiger partial charge on any atom is 0.254 e. The highest BCUT2D eigenvalue weighted by Crippen LogP contribution is 2.40. The monoisotopic (exact) mass is 500 g/mol. The van der Waals surface area contributed by atoms with Gasteiger partial charge in [0.15, 0.2) is 5.82 Å². The smallest absolute Gasteiger partial charge is 0.254 e. The van der Waals surface area contributed by atoms with E-state index >= 15 is 0 Å². The van der Waals surface area contributed by atoms with E-state index in [1.807, 2.05) is 6.92 Å². The fourth-order valence-corrected chi connectivity index (χ4v) is 4.92. The van der Waals surface area contributed by atoms with Crippen molar-refractivity contribution < 1.29 is 23.8 Å². The number of nitrogens with zero attached hydrogens (tertiary/aromatic N) is 4. The molecule has 1 aromatic heterocycles. The SMILES string of the molecule is CCNC(=O)c1cc(OCCO)c(Nc2ncc3c(n2)N(C2CCCC2)[C@H](CC)C(=O)N3C)cc1F. The van der Waals surface area contributed by atoms with E-state index in [4.69, 9.17) is 9.72 Å². The highest BCUT2D eigenvalue weighted by Gasteiger charge is 2.41. The lowest BCUT2D eigenvalue weighted by Crippen LogP contribution is -2.55. The van der Waals surface area contributed by atoms with Crippen molar-refractivity contribution >= 4 is 35.0 Å². The molecule has 0 unspecified atom stereocenters. The van der Waals surface area contributed by atoms with Crippen LogP contribution in [0.3, 0.4) is 0 Å². The average Bonchev–Trinajstić information content (AvgIpc) is 3.40. The molecule has 194 valence electrons. The van der Waals surface area contributed by atoms with Crippen molar-refractivity contribution in [1.82, 2.24) is 15.3 Å². The molecule has 1 aromatic carbocycles. The van der Waals surface area contributed by atoms with E-state index in [-0.39, 0.29) is 54.2 Å². The number of aliphatic hydroxyl groups is 1. The zero-order valence-electron chi connectivity index (χ0n) is 20.9. The molecule has 1 aliphatic carbocycles. The molecule has 1 fully saturated rings. The Morgan fingerprint density at radius 2 is 2.03 bits per heavy atom. The van der Waals surface area contributed by atoms with E-state index in [0.717, 1.165) is 31.7 Å². The number of halogens is 1. The molecular formula is C25H33FN6O4. The summed E-state index contributed by atoms with van der Waals surface area (Å²) >= 11 is 0. The Labute approximate surface area is 209 Å². The quantitative estimate of drug-likeness (QED) is 0.481. The second-order valence-corrected chi connectivity index (χ2v) is 8.95. The summed E-state index contributed by atoms with van der Waals surface area (Å²) in [7, 11) is 1.72. The number of aromatic nitrogens is 2. The average molecular weight is 501 g/mol. The summed E-state index contributed by atoms with van der Waals surface area (Å²) < 4.78 is 20.4. The summed E-state index contributed by atoms with van der Waals surface area (Å²) in [5, 5.41) is 14.8. The molecule has 10 nitrogen and oxygen atoms in total. The number of likely N-dealkylation sites (N-methyl/N-ethyl adjacent to an activating group) is 1. The fraction of sp³-hybridized carbons (Fsp3) is 0.520. The van der Waals surface area contributed by atoms with Gasteiger partial charge in [-0.15, -0.1) is 0 Å². The van der Waals surface area contributed by atoms with Crippen molar-refractivity contribution in [3.05, 3.63) is 29.7 Å². The molecule has 2 amide bonds. The van der Waals surface area contributed by atoms with Crippen LogP contribution in [0.5, 0.6) is 5.75 Å². The summed E-state index contributed by atoms with van der Waals surface area (Å²) in [6.45, 7) is 3.79. The summed E-state index contributed by atoms with van der Waals surface area (Å²) in [4.78, 5) is 38.2. The number of hydrogen-bond acceptors (Lipinski definition) is 8. The number of nitrogens with one attached hydrogen (secondary N) is 2. The highest BCUT2D eigenvalue weighted by molar-refractivity contribution is 6.04. The van der Waals surface area contributed by atoms with Gasteiger partial charge >= 0.3 is 0 Å². The van der Waals surface area contributed by atoms with Crippen LogP contribution in [0, 0.1) is 5.82 Å². The molecule has 2 aromatic rings. The molecule has 0 bridgehead atoms. The number of benzene rings is 1. The lowest BCUT2D eigenvalue weighted by atomic mass is 10.0. The molecule has 2 aliphatic rings. The van der Waals surface area contributed by atoms with Gasteiger partial charge in [0.25, 0.3) is 5.91 Å². The zero-order chi connectivity index (χ0) is 25.8. The van der Waals surface area contributed by atoms with Crippen molar-refractivity contribution in [2.75, 3.05) is 41.9 Å². The third-order valence-corrected chi connectivity index (χ3v) is 6.66. The molecule has 0 spiro atoms. The molecular weight excluding hydrogens is 467 g/mol. The van der Waals surface area contributed by atoms with Crippen molar-refractivity contribution in [3.63, 3.8) is 0 Å². The minimum absolute atomic E-state index is 0.0175. The van der Waals surface area contributed by atoms with E-state index in [0.29, 0.717) is 24.5 Å². The van der Waals surface area contributed by atoms with Crippen LogP contribution in [-0.4, -0.2) is 65.8 Å². The van der Waals surface area contributed by atoms with Gasteiger partial charge in [0.2, 0.25) is 11.9 Å². The Bertz CT molecular complexity index is 1120. The summed E-state index contributed by atoms with van der Waals surface area (Å²) in [6.07, 6.45) is 6.43. The van der Waals surface area contributed by atoms with Crippen molar-refractivity contribution in [1.29, 1.82) is 0 Å².